The lowest BCUT2D eigenvalue weighted by Crippen LogP contribution is -2.58. The number of halogens is 1. The average Bonchev–Trinajstić information content (AvgIpc) is 2.90. The summed E-state index contributed by atoms with van der Waals surface area (Å²) < 4.78 is 16.6. The molecule has 0 bridgehead atoms. The number of hydrogen-bond acceptors (Lipinski definition) is 7. The summed E-state index contributed by atoms with van der Waals surface area (Å²) in [7, 11) is 1.49. The lowest BCUT2D eigenvalue weighted by Gasteiger charge is -2.40. The highest BCUT2D eigenvalue weighted by atomic mass is 35.5. The van der Waals surface area contributed by atoms with Gasteiger partial charge >= 0.3 is 6.09 Å². The summed E-state index contributed by atoms with van der Waals surface area (Å²) in [6.45, 7) is 8.42. The Hall–Kier alpha value is -3.05. The van der Waals surface area contributed by atoms with Crippen LogP contribution >= 0.6 is 11.6 Å². The second-order valence-corrected chi connectivity index (χ2v) is 10.8. The Morgan fingerprint density at radius 3 is 2.69 bits per heavy atom. The highest BCUT2D eigenvalue weighted by Gasteiger charge is 2.45. The number of benzene rings is 1. The molecule has 12 heteroatoms. The van der Waals surface area contributed by atoms with E-state index in [0.29, 0.717) is 49.4 Å². The van der Waals surface area contributed by atoms with E-state index >= 15 is 0 Å². The van der Waals surface area contributed by atoms with Crippen molar-refractivity contribution in [1.82, 2.24) is 15.5 Å². The first-order valence-electron chi connectivity index (χ1n) is 13.3. The predicted octanol–water partition coefficient (Wildman–Crippen LogP) is 2.90. The number of ether oxygens (including phenoxy) is 3. The zero-order valence-corrected chi connectivity index (χ0v) is 24.0. The van der Waals surface area contributed by atoms with Crippen LogP contribution in [0.1, 0.15) is 57.3 Å². The fourth-order valence-electron chi connectivity index (χ4n) is 4.49. The Morgan fingerprint density at radius 2 is 2.03 bits per heavy atom. The van der Waals surface area contributed by atoms with Gasteiger partial charge < -0.3 is 34.6 Å². The molecule has 3 atom stereocenters. The molecule has 2 aliphatic rings. The molecule has 216 valence electrons. The minimum Gasteiger partial charge on any atom is -0.473 e. The van der Waals surface area contributed by atoms with Crippen molar-refractivity contribution in [2.45, 2.75) is 64.2 Å². The summed E-state index contributed by atoms with van der Waals surface area (Å²) in [5.74, 6) is -0.390. The van der Waals surface area contributed by atoms with Crippen LogP contribution in [0.5, 0.6) is 5.75 Å². The molecule has 2 heterocycles. The molecule has 1 fully saturated rings. The monoisotopic (exact) mass is 566 g/mol. The summed E-state index contributed by atoms with van der Waals surface area (Å²) >= 11 is 6.10. The molecule has 0 aliphatic carbocycles. The number of nitrogens with zero attached hydrogens (tertiary/aromatic N) is 2. The minimum absolute atomic E-state index is 0.0226. The number of piperidine rings is 1. The summed E-state index contributed by atoms with van der Waals surface area (Å²) in [6, 6.07) is 4.61. The molecule has 0 aromatic heterocycles. The van der Waals surface area contributed by atoms with Crippen molar-refractivity contribution >= 4 is 41.1 Å². The second kappa shape index (κ2) is 13.3. The van der Waals surface area contributed by atoms with Gasteiger partial charge in [-0.15, -0.1) is 0 Å². The number of alkyl halides is 1. The minimum atomic E-state index is -1.25. The van der Waals surface area contributed by atoms with E-state index < -0.39 is 17.3 Å². The number of amides is 4. The maximum absolute atomic E-state index is 13.4. The zero-order chi connectivity index (χ0) is 28.7. The van der Waals surface area contributed by atoms with Gasteiger partial charge in [0.25, 0.3) is 11.8 Å². The SMILES string of the molecule is CCC(=O)NCCN1C(=O)[C@](C)(COC)Oc2ccc(C(=O)N[C@@H]3CCCN(C(=O)OC(Cl)C(C)C)C3)cc21. The Kier molecular flexibility index (Phi) is 10.4. The number of rotatable bonds is 10. The van der Waals surface area contributed by atoms with Crippen molar-refractivity contribution in [3.63, 3.8) is 0 Å². The first-order valence-corrected chi connectivity index (χ1v) is 13.7. The number of likely N-dealkylation sites (tertiary alicyclic amines) is 1. The van der Waals surface area contributed by atoms with Gasteiger partial charge in [0.05, 0.1) is 12.3 Å². The van der Waals surface area contributed by atoms with Gasteiger partial charge in [-0.1, -0.05) is 32.4 Å². The third-order valence-electron chi connectivity index (χ3n) is 6.70. The molecule has 4 amide bonds. The van der Waals surface area contributed by atoms with Gasteiger partial charge in [-0.3, -0.25) is 14.4 Å². The van der Waals surface area contributed by atoms with E-state index in [2.05, 4.69) is 10.6 Å². The van der Waals surface area contributed by atoms with E-state index in [1.165, 1.54) is 12.0 Å². The van der Waals surface area contributed by atoms with E-state index in [4.69, 9.17) is 25.8 Å². The van der Waals surface area contributed by atoms with Crippen LogP contribution in [0.2, 0.25) is 0 Å². The average molecular weight is 567 g/mol. The third-order valence-corrected chi connectivity index (χ3v) is 7.29. The molecule has 11 nitrogen and oxygen atoms in total. The first kappa shape index (κ1) is 30.5. The van der Waals surface area contributed by atoms with Gasteiger partial charge in [0.2, 0.25) is 11.5 Å². The normalized spacial score (nSPS) is 21.6. The molecule has 1 saturated heterocycles. The highest BCUT2D eigenvalue weighted by Crippen LogP contribution is 2.38. The van der Waals surface area contributed by atoms with Crippen LogP contribution in [-0.4, -0.2) is 85.8 Å². The maximum Gasteiger partial charge on any atom is 0.411 e. The summed E-state index contributed by atoms with van der Waals surface area (Å²) in [5.41, 5.74) is -1.21. The number of methoxy groups -OCH3 is 1. The molecule has 0 spiro atoms. The van der Waals surface area contributed by atoms with Gasteiger partial charge in [0, 0.05) is 57.2 Å². The van der Waals surface area contributed by atoms with E-state index in [1.54, 1.807) is 36.9 Å². The van der Waals surface area contributed by atoms with Gasteiger partial charge in [-0.2, -0.15) is 0 Å². The smallest absolute Gasteiger partial charge is 0.411 e. The van der Waals surface area contributed by atoms with E-state index in [1.807, 2.05) is 13.8 Å². The number of hydrogen-bond donors (Lipinski definition) is 2. The standard InChI is InChI=1S/C27H39ClN4O7/c1-6-22(33)29-11-13-32-20-14-18(9-10-21(20)39-27(4,16-37-5)25(32)35)24(34)30-19-8-7-12-31(15-19)26(36)38-23(28)17(2)3/h9-10,14,17,19,23H,6-8,11-13,15-16H2,1-5H3,(H,29,33)(H,30,34)/t19-,23?,27+/m1/s1. The van der Waals surface area contributed by atoms with Crippen molar-refractivity contribution in [1.29, 1.82) is 0 Å². The maximum atomic E-state index is 13.4. The zero-order valence-electron chi connectivity index (χ0n) is 23.3. The molecular weight excluding hydrogens is 528 g/mol. The van der Waals surface area contributed by atoms with Gasteiger partial charge in [0.1, 0.15) is 5.75 Å². The Labute approximate surface area is 234 Å². The van der Waals surface area contributed by atoms with Crippen LogP contribution in [0.3, 0.4) is 0 Å². The predicted molar refractivity (Wildman–Crippen MR) is 146 cm³/mol. The molecule has 0 saturated carbocycles. The topological polar surface area (TPSA) is 127 Å². The number of carbonyl (C=O) groups excluding carboxylic acids is 4. The van der Waals surface area contributed by atoms with Crippen LogP contribution in [-0.2, 0) is 19.1 Å². The molecule has 0 radical (unpaired) electrons. The number of fused-ring (bicyclic) bond motifs is 1. The fraction of sp³-hybridized carbons (Fsp3) is 0.630. The van der Waals surface area contributed by atoms with Crippen molar-refractivity contribution in [3.05, 3.63) is 23.8 Å². The van der Waals surface area contributed by atoms with Crippen LogP contribution < -0.4 is 20.3 Å². The van der Waals surface area contributed by atoms with Crippen molar-refractivity contribution in [3.8, 4) is 5.75 Å². The number of anilines is 1. The van der Waals surface area contributed by atoms with Crippen molar-refractivity contribution < 1.29 is 33.4 Å². The van der Waals surface area contributed by atoms with Gasteiger partial charge in [0.15, 0.2) is 5.56 Å². The molecule has 39 heavy (non-hydrogen) atoms. The largest absolute Gasteiger partial charge is 0.473 e. The van der Waals surface area contributed by atoms with Crippen LogP contribution in [0.4, 0.5) is 10.5 Å². The molecule has 3 rings (SSSR count). The second-order valence-electron chi connectivity index (χ2n) is 10.3. The van der Waals surface area contributed by atoms with E-state index in [9.17, 15) is 19.2 Å². The molecule has 1 unspecified atom stereocenters. The fourth-order valence-corrected chi connectivity index (χ4v) is 4.57. The molecule has 1 aromatic carbocycles. The lowest BCUT2D eigenvalue weighted by molar-refractivity contribution is -0.138. The van der Waals surface area contributed by atoms with E-state index in [-0.39, 0.29) is 49.4 Å². The Bertz CT molecular complexity index is 1070. The van der Waals surface area contributed by atoms with Crippen LogP contribution in [0.15, 0.2) is 18.2 Å². The molecule has 2 aliphatic heterocycles. The number of nitrogens with one attached hydrogen (secondary N) is 2. The highest BCUT2D eigenvalue weighted by molar-refractivity contribution is 6.20. The van der Waals surface area contributed by atoms with Gasteiger partial charge in [-0.25, -0.2) is 4.79 Å². The quantitative estimate of drug-likeness (QED) is 0.417. The summed E-state index contributed by atoms with van der Waals surface area (Å²) in [5, 5.41) is 5.77. The first-order chi connectivity index (χ1) is 18.5. The Morgan fingerprint density at radius 1 is 1.28 bits per heavy atom. The number of carbonyl (C=O) groups is 4. The van der Waals surface area contributed by atoms with Gasteiger partial charge in [-0.05, 0) is 38.0 Å². The van der Waals surface area contributed by atoms with Crippen LogP contribution in [0.25, 0.3) is 0 Å². The molecule has 1 aromatic rings. The molecule has 2 N–H and O–H groups in total. The Balaban J connectivity index is 1.74. The summed E-state index contributed by atoms with van der Waals surface area (Å²) in [6.07, 6.45) is 1.24. The van der Waals surface area contributed by atoms with Crippen molar-refractivity contribution in [2.75, 3.05) is 44.8 Å². The van der Waals surface area contributed by atoms with Crippen molar-refractivity contribution in [2.24, 2.45) is 5.92 Å². The van der Waals surface area contributed by atoms with Crippen LogP contribution in [0, 0.1) is 5.92 Å². The summed E-state index contributed by atoms with van der Waals surface area (Å²) in [4.78, 5) is 53.9. The lowest BCUT2D eigenvalue weighted by atomic mass is 10.0. The van der Waals surface area contributed by atoms with E-state index in [0.717, 1.165) is 0 Å². The molecular formula is C27H39ClN4O7. The third kappa shape index (κ3) is 7.54.